The van der Waals surface area contributed by atoms with Crippen molar-refractivity contribution < 1.29 is 49.3 Å². The Morgan fingerprint density at radius 1 is 0.519 bits per heavy atom. The van der Waals surface area contributed by atoms with Crippen LogP contribution in [0.2, 0.25) is 0 Å². The third-order valence-corrected chi connectivity index (χ3v) is 14.6. The van der Waals surface area contributed by atoms with Crippen molar-refractivity contribution in [3.8, 4) is 0 Å². The Balaban J connectivity index is 2.70. The summed E-state index contributed by atoms with van der Waals surface area (Å²) in [6, 6.07) is -1.03. The van der Waals surface area contributed by atoms with Crippen LogP contribution in [0.25, 0.3) is 0 Å². The van der Waals surface area contributed by atoms with Crippen molar-refractivity contribution in [3.05, 3.63) is 72.9 Å². The standard InChI is InChI=1S/C66H117NO10/c1-4-7-10-13-16-19-22-25-27-28-29-30-31-33-35-38-41-44-47-50-53-59(70)65(74)67-57(58(69)52-49-46-43-40-37-34-24-21-18-15-12-9-6-3)56-75-66-64(63(73)62(72)60(55-68)76-66)77-61(71)54-51-48-45-42-39-36-32-26-23-20-17-14-11-8-5-2/h16-17,19-20,23,25-27,29-30,49,52,57-60,62-64,66,68-70,72-73H,4-15,18,21-22,24,28,31-48,50-51,53-56H2,1-3H3,(H,67,74)/b19-16-,20-17+,26-23+,27-25-,30-29-,52-49+. The van der Waals surface area contributed by atoms with Gasteiger partial charge in [0.15, 0.2) is 12.4 Å². The summed E-state index contributed by atoms with van der Waals surface area (Å²) in [6.07, 6.45) is 57.8. The van der Waals surface area contributed by atoms with E-state index < -0.39 is 67.4 Å². The lowest BCUT2D eigenvalue weighted by Crippen LogP contribution is -2.61. The molecule has 0 aliphatic carbocycles. The normalized spacial score (nSPS) is 19.5. The van der Waals surface area contributed by atoms with E-state index in [0.717, 1.165) is 109 Å². The number of aliphatic hydroxyl groups excluding tert-OH is 5. The van der Waals surface area contributed by atoms with Gasteiger partial charge in [0.1, 0.15) is 24.4 Å². The number of amides is 1. The number of hydrogen-bond acceptors (Lipinski definition) is 10. The van der Waals surface area contributed by atoms with Gasteiger partial charge in [-0.3, -0.25) is 9.59 Å². The van der Waals surface area contributed by atoms with Crippen molar-refractivity contribution >= 4 is 11.9 Å². The second-order valence-corrected chi connectivity index (χ2v) is 21.8. The Kier molecular flexibility index (Phi) is 50.3. The molecule has 0 aromatic rings. The zero-order chi connectivity index (χ0) is 56.1. The molecule has 1 aliphatic heterocycles. The molecule has 8 unspecified atom stereocenters. The topological polar surface area (TPSA) is 175 Å². The first-order valence-corrected chi connectivity index (χ1v) is 31.7. The third-order valence-electron chi connectivity index (χ3n) is 14.6. The highest BCUT2D eigenvalue weighted by atomic mass is 16.7. The van der Waals surface area contributed by atoms with Crippen LogP contribution in [0, 0.1) is 0 Å². The minimum absolute atomic E-state index is 0.107. The van der Waals surface area contributed by atoms with Crippen molar-refractivity contribution in [3.63, 3.8) is 0 Å². The van der Waals surface area contributed by atoms with Gasteiger partial charge in [-0.15, -0.1) is 0 Å². The van der Waals surface area contributed by atoms with Gasteiger partial charge in [-0.05, 0) is 89.9 Å². The highest BCUT2D eigenvalue weighted by Gasteiger charge is 2.47. The molecule has 0 bridgehead atoms. The van der Waals surface area contributed by atoms with Gasteiger partial charge < -0.3 is 45.1 Å². The Hall–Kier alpha value is -2.90. The first kappa shape index (κ1) is 72.1. The number of rotatable bonds is 53. The highest BCUT2D eigenvalue weighted by Crippen LogP contribution is 2.26. The van der Waals surface area contributed by atoms with Gasteiger partial charge in [0.25, 0.3) is 0 Å². The lowest BCUT2D eigenvalue weighted by atomic mass is 9.99. The van der Waals surface area contributed by atoms with Crippen molar-refractivity contribution in [2.75, 3.05) is 13.2 Å². The molecule has 0 saturated carbocycles. The Morgan fingerprint density at radius 2 is 0.935 bits per heavy atom. The number of unbranched alkanes of at least 4 members (excludes halogenated alkanes) is 30. The molecule has 0 aromatic heterocycles. The van der Waals surface area contributed by atoms with E-state index in [1.807, 2.05) is 6.08 Å². The Labute approximate surface area is 471 Å². The summed E-state index contributed by atoms with van der Waals surface area (Å²) in [5.74, 6) is -1.21. The minimum Gasteiger partial charge on any atom is -0.454 e. The molecular formula is C66H117NO10. The highest BCUT2D eigenvalue weighted by molar-refractivity contribution is 5.80. The van der Waals surface area contributed by atoms with Gasteiger partial charge in [0.2, 0.25) is 5.91 Å². The smallest absolute Gasteiger partial charge is 0.306 e. The Morgan fingerprint density at radius 3 is 1.44 bits per heavy atom. The fourth-order valence-electron chi connectivity index (χ4n) is 9.53. The van der Waals surface area contributed by atoms with Gasteiger partial charge >= 0.3 is 5.97 Å². The van der Waals surface area contributed by atoms with E-state index in [-0.39, 0.29) is 19.4 Å². The molecular weight excluding hydrogens is 967 g/mol. The van der Waals surface area contributed by atoms with Crippen LogP contribution in [0.4, 0.5) is 0 Å². The van der Waals surface area contributed by atoms with Crippen LogP contribution in [-0.2, 0) is 23.8 Å². The van der Waals surface area contributed by atoms with Gasteiger partial charge in [0.05, 0.1) is 25.4 Å². The fraction of sp³-hybridized carbons (Fsp3) is 0.788. The van der Waals surface area contributed by atoms with Crippen LogP contribution in [-0.4, -0.2) is 99.6 Å². The molecule has 1 fully saturated rings. The van der Waals surface area contributed by atoms with Crippen molar-refractivity contribution in [1.82, 2.24) is 5.32 Å². The zero-order valence-electron chi connectivity index (χ0n) is 49.3. The van der Waals surface area contributed by atoms with Gasteiger partial charge in [-0.1, -0.05) is 248 Å². The number of esters is 1. The fourth-order valence-corrected chi connectivity index (χ4v) is 9.53. The first-order valence-electron chi connectivity index (χ1n) is 31.7. The van der Waals surface area contributed by atoms with Gasteiger partial charge in [-0.25, -0.2) is 0 Å². The van der Waals surface area contributed by atoms with Crippen molar-refractivity contribution in [2.45, 2.75) is 320 Å². The van der Waals surface area contributed by atoms with E-state index >= 15 is 0 Å². The summed E-state index contributed by atoms with van der Waals surface area (Å²) in [4.78, 5) is 26.6. The SMILES string of the molecule is CCCCC/C=C\C/C=C\C/C=C\CCCCCCCCCC(O)C(=O)NC(COC1OC(CO)C(O)C(O)C1OC(=O)CCCCCCCC/C=C/C=C/CCCCC)C(O)/C=C/CCCCCCCCCCCCC. The number of aliphatic hydroxyl groups is 5. The lowest BCUT2D eigenvalue weighted by Gasteiger charge is -2.41. The summed E-state index contributed by atoms with van der Waals surface area (Å²) in [6.45, 7) is 5.73. The number of allylic oxidation sites excluding steroid dienone is 11. The van der Waals surface area contributed by atoms with E-state index in [1.54, 1.807) is 6.08 Å². The number of carbonyl (C=O) groups is 2. The van der Waals surface area contributed by atoms with E-state index in [0.29, 0.717) is 12.8 Å². The lowest BCUT2D eigenvalue weighted by molar-refractivity contribution is -0.305. The molecule has 1 amide bonds. The zero-order valence-corrected chi connectivity index (χ0v) is 49.3. The Bertz CT molecular complexity index is 1530. The monoisotopic (exact) mass is 1080 g/mol. The molecule has 6 N–H and O–H groups in total. The van der Waals surface area contributed by atoms with Crippen LogP contribution < -0.4 is 5.32 Å². The molecule has 11 heteroatoms. The number of carbonyl (C=O) groups excluding carboxylic acids is 2. The average Bonchev–Trinajstić information content (AvgIpc) is 3.43. The molecule has 11 nitrogen and oxygen atoms in total. The summed E-state index contributed by atoms with van der Waals surface area (Å²) < 4.78 is 17.6. The van der Waals surface area contributed by atoms with Crippen molar-refractivity contribution in [1.29, 1.82) is 0 Å². The first-order chi connectivity index (χ1) is 37.7. The molecule has 0 aromatic carbocycles. The predicted octanol–water partition coefficient (Wildman–Crippen LogP) is 15.2. The molecule has 0 radical (unpaired) electrons. The molecule has 77 heavy (non-hydrogen) atoms. The maximum absolute atomic E-state index is 13.4. The van der Waals surface area contributed by atoms with Crippen molar-refractivity contribution in [2.24, 2.45) is 0 Å². The second kappa shape index (κ2) is 53.7. The maximum atomic E-state index is 13.4. The number of nitrogens with one attached hydrogen (secondary N) is 1. The number of hydrogen-bond donors (Lipinski definition) is 6. The van der Waals surface area contributed by atoms with Gasteiger partial charge in [0, 0.05) is 6.42 Å². The van der Waals surface area contributed by atoms with Crippen LogP contribution in [0.5, 0.6) is 0 Å². The van der Waals surface area contributed by atoms with Crippen LogP contribution in [0.1, 0.15) is 271 Å². The van der Waals surface area contributed by atoms with E-state index in [1.165, 1.54) is 116 Å². The summed E-state index contributed by atoms with van der Waals surface area (Å²) >= 11 is 0. The summed E-state index contributed by atoms with van der Waals surface area (Å²) in [7, 11) is 0. The average molecular weight is 1080 g/mol. The van der Waals surface area contributed by atoms with Crippen LogP contribution in [0.3, 0.4) is 0 Å². The molecule has 1 heterocycles. The summed E-state index contributed by atoms with van der Waals surface area (Å²) in [5, 5.41) is 57.0. The second-order valence-electron chi connectivity index (χ2n) is 21.8. The minimum atomic E-state index is -1.62. The largest absolute Gasteiger partial charge is 0.454 e. The number of ether oxygens (including phenoxy) is 3. The molecule has 1 saturated heterocycles. The van der Waals surface area contributed by atoms with E-state index in [9.17, 15) is 35.1 Å². The third kappa shape index (κ3) is 41.7. The molecule has 0 spiro atoms. The van der Waals surface area contributed by atoms with E-state index in [2.05, 4.69) is 86.8 Å². The maximum Gasteiger partial charge on any atom is 0.306 e. The molecule has 1 aliphatic rings. The quantitative estimate of drug-likeness (QED) is 0.0149. The van der Waals surface area contributed by atoms with Gasteiger partial charge in [-0.2, -0.15) is 0 Å². The predicted molar refractivity (Wildman–Crippen MR) is 319 cm³/mol. The molecule has 8 atom stereocenters. The molecule has 1 rings (SSSR count). The van der Waals surface area contributed by atoms with E-state index in [4.69, 9.17) is 14.2 Å². The summed E-state index contributed by atoms with van der Waals surface area (Å²) in [5.41, 5.74) is 0. The van der Waals surface area contributed by atoms with Crippen LogP contribution in [0.15, 0.2) is 72.9 Å². The molecule has 446 valence electrons. The van der Waals surface area contributed by atoms with Crippen LogP contribution >= 0.6 is 0 Å².